The van der Waals surface area contributed by atoms with Gasteiger partial charge in [-0.05, 0) is 44.2 Å². The molecule has 2 N–H and O–H groups in total. The molecule has 3 heteroatoms. The van der Waals surface area contributed by atoms with E-state index in [1.807, 2.05) is 13.1 Å². The average Bonchev–Trinajstić information content (AvgIpc) is 2.61. The minimum Gasteiger partial charge on any atom is -0.384 e. The van der Waals surface area contributed by atoms with E-state index in [-0.39, 0.29) is 5.82 Å². The average molecular weight is 208 g/mol. The van der Waals surface area contributed by atoms with E-state index in [1.165, 1.54) is 6.07 Å². The van der Waals surface area contributed by atoms with Crippen molar-refractivity contribution in [2.75, 3.05) is 18.9 Å². The third-order valence-electron chi connectivity index (χ3n) is 3.12. The molecule has 0 fully saturated rings. The molecule has 0 aliphatic carbocycles. The van der Waals surface area contributed by atoms with Crippen molar-refractivity contribution in [3.63, 3.8) is 0 Å². The minimum atomic E-state index is -0.139. The Balaban J connectivity index is 2.16. The second-order valence-corrected chi connectivity index (χ2v) is 4.23. The van der Waals surface area contributed by atoms with Crippen molar-refractivity contribution >= 4 is 5.69 Å². The van der Waals surface area contributed by atoms with Crippen LogP contribution >= 0.6 is 0 Å². The van der Waals surface area contributed by atoms with E-state index in [2.05, 4.69) is 17.6 Å². The molecule has 1 aliphatic rings. The smallest absolute Gasteiger partial charge is 0.123 e. The van der Waals surface area contributed by atoms with E-state index in [0.717, 1.165) is 24.2 Å². The van der Waals surface area contributed by atoms with Crippen molar-refractivity contribution < 1.29 is 4.39 Å². The van der Waals surface area contributed by atoms with Gasteiger partial charge in [0.25, 0.3) is 0 Å². The molecule has 0 spiro atoms. The van der Waals surface area contributed by atoms with Crippen molar-refractivity contribution in [2.45, 2.75) is 25.3 Å². The van der Waals surface area contributed by atoms with Gasteiger partial charge < -0.3 is 10.6 Å². The largest absolute Gasteiger partial charge is 0.384 e. The van der Waals surface area contributed by atoms with Gasteiger partial charge in [-0.2, -0.15) is 0 Å². The predicted molar refractivity (Wildman–Crippen MR) is 60.8 cm³/mol. The quantitative estimate of drug-likeness (QED) is 0.796. The summed E-state index contributed by atoms with van der Waals surface area (Å²) in [6, 6.07) is 5.46. The molecule has 1 heterocycles. The molecule has 0 amide bonds. The summed E-state index contributed by atoms with van der Waals surface area (Å²) in [5.74, 6) is 0.290. The Kier molecular flexibility index (Phi) is 2.91. The zero-order chi connectivity index (χ0) is 10.8. The highest BCUT2D eigenvalue weighted by Crippen LogP contribution is 2.34. The second-order valence-electron chi connectivity index (χ2n) is 4.23. The lowest BCUT2D eigenvalue weighted by atomic mass is 9.94. The van der Waals surface area contributed by atoms with Crippen LogP contribution < -0.4 is 10.6 Å². The van der Waals surface area contributed by atoms with Crippen LogP contribution in [-0.2, 0) is 0 Å². The number of hydrogen-bond acceptors (Lipinski definition) is 2. The number of rotatable bonds is 3. The molecule has 1 aromatic carbocycles. The van der Waals surface area contributed by atoms with Gasteiger partial charge in [0.2, 0.25) is 0 Å². The molecule has 0 aromatic heterocycles. The van der Waals surface area contributed by atoms with Gasteiger partial charge in [0.05, 0.1) is 0 Å². The number of hydrogen-bond donors (Lipinski definition) is 2. The topological polar surface area (TPSA) is 24.1 Å². The van der Waals surface area contributed by atoms with E-state index >= 15 is 0 Å². The van der Waals surface area contributed by atoms with Crippen LogP contribution in [0.2, 0.25) is 0 Å². The number of anilines is 1. The normalized spacial score (nSPS) is 20.9. The summed E-state index contributed by atoms with van der Waals surface area (Å²) < 4.78 is 13.1. The molecule has 82 valence electrons. The monoisotopic (exact) mass is 208 g/mol. The Labute approximate surface area is 89.9 Å². The molecule has 0 saturated carbocycles. The fourth-order valence-corrected chi connectivity index (χ4v) is 2.13. The Hall–Kier alpha value is -1.09. The Morgan fingerprint density at radius 2 is 2.40 bits per heavy atom. The lowest BCUT2D eigenvalue weighted by Crippen LogP contribution is -2.24. The van der Waals surface area contributed by atoms with Gasteiger partial charge in [-0.1, -0.05) is 0 Å². The van der Waals surface area contributed by atoms with E-state index in [0.29, 0.717) is 12.0 Å². The van der Waals surface area contributed by atoms with Crippen LogP contribution in [0.3, 0.4) is 0 Å². The molecule has 2 atom stereocenters. The summed E-state index contributed by atoms with van der Waals surface area (Å²) in [5.41, 5.74) is 2.21. The van der Waals surface area contributed by atoms with Gasteiger partial charge in [0.1, 0.15) is 5.82 Å². The summed E-state index contributed by atoms with van der Waals surface area (Å²) >= 11 is 0. The Morgan fingerprint density at radius 3 is 3.13 bits per heavy atom. The van der Waals surface area contributed by atoms with Crippen molar-refractivity contribution in [1.29, 1.82) is 0 Å². The van der Waals surface area contributed by atoms with E-state index < -0.39 is 0 Å². The van der Waals surface area contributed by atoms with E-state index in [9.17, 15) is 4.39 Å². The molecular weight excluding hydrogens is 191 g/mol. The molecule has 2 rings (SSSR count). The molecule has 15 heavy (non-hydrogen) atoms. The highest BCUT2D eigenvalue weighted by Gasteiger charge is 2.23. The highest BCUT2D eigenvalue weighted by atomic mass is 19.1. The molecule has 1 aliphatic heterocycles. The summed E-state index contributed by atoms with van der Waals surface area (Å²) in [4.78, 5) is 0. The number of nitrogens with one attached hydrogen (secondary N) is 2. The van der Waals surface area contributed by atoms with Crippen molar-refractivity contribution in [1.82, 2.24) is 5.32 Å². The predicted octanol–water partition coefficient (Wildman–Crippen LogP) is 2.33. The summed E-state index contributed by atoms with van der Waals surface area (Å²) in [6.07, 6.45) is 1.04. The van der Waals surface area contributed by atoms with E-state index in [4.69, 9.17) is 0 Å². The summed E-state index contributed by atoms with van der Waals surface area (Å²) in [7, 11) is 1.96. The number of benzene rings is 1. The lowest BCUT2D eigenvalue weighted by molar-refractivity contribution is 0.513. The highest BCUT2D eigenvalue weighted by molar-refractivity contribution is 5.57. The summed E-state index contributed by atoms with van der Waals surface area (Å²) in [6.45, 7) is 3.07. The van der Waals surface area contributed by atoms with Crippen LogP contribution in [0.1, 0.15) is 24.8 Å². The lowest BCUT2D eigenvalue weighted by Gasteiger charge is -2.15. The van der Waals surface area contributed by atoms with Crippen LogP contribution in [0.4, 0.5) is 10.1 Å². The zero-order valence-electron chi connectivity index (χ0n) is 9.18. The molecule has 2 nitrogen and oxygen atoms in total. The van der Waals surface area contributed by atoms with Crippen molar-refractivity contribution in [3.8, 4) is 0 Å². The molecule has 0 bridgehead atoms. The van der Waals surface area contributed by atoms with Gasteiger partial charge in [-0.15, -0.1) is 0 Å². The van der Waals surface area contributed by atoms with Crippen molar-refractivity contribution in [2.24, 2.45) is 0 Å². The molecular formula is C12H17FN2. The van der Waals surface area contributed by atoms with E-state index in [1.54, 1.807) is 6.07 Å². The number of fused-ring (bicyclic) bond motifs is 1. The van der Waals surface area contributed by atoms with Crippen LogP contribution in [0.5, 0.6) is 0 Å². The first-order valence-electron chi connectivity index (χ1n) is 5.41. The Morgan fingerprint density at radius 1 is 1.60 bits per heavy atom. The molecule has 0 saturated heterocycles. The maximum absolute atomic E-state index is 13.1. The van der Waals surface area contributed by atoms with Gasteiger partial charge in [0.15, 0.2) is 0 Å². The Bertz CT molecular complexity index is 351. The first kappa shape index (κ1) is 10.4. The van der Waals surface area contributed by atoms with Crippen LogP contribution in [0.25, 0.3) is 0 Å². The molecule has 0 radical (unpaired) electrons. The van der Waals surface area contributed by atoms with Gasteiger partial charge in [0, 0.05) is 24.2 Å². The van der Waals surface area contributed by atoms with Crippen LogP contribution in [0, 0.1) is 5.82 Å². The summed E-state index contributed by atoms with van der Waals surface area (Å²) in [5, 5.41) is 6.53. The second kappa shape index (κ2) is 4.19. The standard InChI is InChI=1S/C12H17FN2/c1-8(14-2)5-9-7-15-12-4-3-10(13)6-11(9)12/h3-4,6,8-9,14-15H,5,7H2,1-2H3. The maximum Gasteiger partial charge on any atom is 0.123 e. The van der Waals surface area contributed by atoms with Crippen LogP contribution in [0.15, 0.2) is 18.2 Å². The van der Waals surface area contributed by atoms with Gasteiger partial charge in [-0.3, -0.25) is 0 Å². The fraction of sp³-hybridized carbons (Fsp3) is 0.500. The van der Waals surface area contributed by atoms with Gasteiger partial charge in [-0.25, -0.2) is 4.39 Å². The first-order chi connectivity index (χ1) is 7.20. The van der Waals surface area contributed by atoms with Gasteiger partial charge >= 0.3 is 0 Å². The molecule has 1 aromatic rings. The van der Waals surface area contributed by atoms with Crippen molar-refractivity contribution in [3.05, 3.63) is 29.6 Å². The maximum atomic E-state index is 13.1. The van der Waals surface area contributed by atoms with Crippen LogP contribution in [-0.4, -0.2) is 19.6 Å². The SMILES string of the molecule is CNC(C)CC1CNc2ccc(F)cc21. The minimum absolute atomic E-state index is 0.139. The first-order valence-corrected chi connectivity index (χ1v) is 5.41. The number of halogens is 1. The third-order valence-corrected chi connectivity index (χ3v) is 3.12. The fourth-order valence-electron chi connectivity index (χ4n) is 2.13. The third kappa shape index (κ3) is 2.12. The zero-order valence-corrected chi connectivity index (χ0v) is 9.18. The molecule has 2 unspecified atom stereocenters.